The van der Waals surface area contributed by atoms with Gasteiger partial charge in [0, 0.05) is 12.4 Å². The number of aromatic hydroxyl groups is 3. The van der Waals surface area contributed by atoms with E-state index in [1.807, 2.05) is 0 Å². The molecule has 0 aliphatic heterocycles. The average molecular weight is 380 g/mol. The minimum atomic E-state index is -0.944. The third-order valence-electron chi connectivity index (χ3n) is 4.40. The van der Waals surface area contributed by atoms with Crippen LogP contribution in [0.15, 0.2) is 48.8 Å². The summed E-state index contributed by atoms with van der Waals surface area (Å²) >= 11 is 0. The normalized spacial score (nSPS) is 10.7. The second kappa shape index (κ2) is 8.39. The van der Waals surface area contributed by atoms with Crippen molar-refractivity contribution in [3.63, 3.8) is 0 Å². The van der Waals surface area contributed by atoms with Crippen LogP contribution in [0.25, 0.3) is 0 Å². The molecule has 1 heterocycles. The van der Waals surface area contributed by atoms with Crippen molar-refractivity contribution in [2.45, 2.75) is 25.7 Å². The number of aryl methyl sites for hydroxylation is 4. The molecule has 28 heavy (non-hydrogen) atoms. The van der Waals surface area contributed by atoms with Crippen molar-refractivity contribution >= 4 is 5.97 Å². The summed E-state index contributed by atoms with van der Waals surface area (Å²) in [5.41, 5.74) is 3.57. The molecule has 0 bridgehead atoms. The molecule has 7 heteroatoms. The second-order valence-corrected chi connectivity index (χ2v) is 6.49. The number of rotatable bonds is 7. The molecule has 0 fully saturated rings. The van der Waals surface area contributed by atoms with Gasteiger partial charge in [-0.05, 0) is 61.1 Å². The second-order valence-electron chi connectivity index (χ2n) is 6.49. The van der Waals surface area contributed by atoms with Crippen LogP contribution in [0.4, 0.5) is 0 Å². The molecular weight excluding hydrogens is 360 g/mol. The molecule has 2 aromatic carbocycles. The number of phenols is 3. The van der Waals surface area contributed by atoms with Gasteiger partial charge in [-0.2, -0.15) is 0 Å². The van der Waals surface area contributed by atoms with E-state index in [1.54, 1.807) is 36.7 Å². The molecular formula is C21H20N2O5. The lowest BCUT2D eigenvalue weighted by molar-refractivity contribution is 0.0697. The Morgan fingerprint density at radius 3 is 1.86 bits per heavy atom. The fraction of sp³-hybridized carbons (Fsp3) is 0.190. The summed E-state index contributed by atoms with van der Waals surface area (Å²) in [4.78, 5) is 19.7. The van der Waals surface area contributed by atoms with Crippen LogP contribution >= 0.6 is 0 Å². The van der Waals surface area contributed by atoms with E-state index in [-0.39, 0.29) is 17.1 Å². The third kappa shape index (κ3) is 4.76. The maximum atomic E-state index is 10.9. The molecule has 3 aromatic rings. The predicted octanol–water partition coefficient (Wildman–Crippen LogP) is 2.86. The van der Waals surface area contributed by atoms with Crippen molar-refractivity contribution in [3.8, 4) is 17.2 Å². The summed E-state index contributed by atoms with van der Waals surface area (Å²) in [5.74, 6) is -2.19. The Hall–Kier alpha value is -3.61. The monoisotopic (exact) mass is 380 g/mol. The maximum absolute atomic E-state index is 10.9. The Kier molecular flexibility index (Phi) is 5.74. The van der Waals surface area contributed by atoms with E-state index in [0.29, 0.717) is 24.8 Å². The molecule has 0 saturated heterocycles. The molecule has 0 unspecified atom stereocenters. The number of carboxylic acid groups (broad SMARTS) is 1. The molecule has 1 aromatic heterocycles. The van der Waals surface area contributed by atoms with Gasteiger partial charge in [-0.15, -0.1) is 0 Å². The molecule has 0 saturated carbocycles. The number of aromatic carboxylic acids is 1. The number of aromatic nitrogens is 2. The Labute approximate surface area is 161 Å². The average Bonchev–Trinajstić information content (AvgIpc) is 2.69. The minimum Gasteiger partial charge on any atom is -0.504 e. The van der Waals surface area contributed by atoms with E-state index in [9.17, 15) is 20.1 Å². The smallest absolute Gasteiger partial charge is 0.335 e. The van der Waals surface area contributed by atoms with Crippen molar-refractivity contribution < 1.29 is 25.2 Å². The first-order chi connectivity index (χ1) is 13.4. The highest BCUT2D eigenvalue weighted by atomic mass is 16.4. The summed E-state index contributed by atoms with van der Waals surface area (Å²) in [6.45, 7) is 0. The standard InChI is InChI=1S/C21H20N2O5/c24-18-9-14(10-19(25)20(18)26)4-8-17-12-22-11-16(23-17)7-3-13-1-5-15(6-2-13)21(27)28/h1-2,5-6,9-12,24-26H,3-4,7-8H2,(H,27,28). The number of hydrogen-bond acceptors (Lipinski definition) is 6. The first-order valence-corrected chi connectivity index (χ1v) is 8.78. The van der Waals surface area contributed by atoms with Crippen LogP contribution < -0.4 is 0 Å². The van der Waals surface area contributed by atoms with Gasteiger partial charge < -0.3 is 20.4 Å². The Balaban J connectivity index is 1.60. The van der Waals surface area contributed by atoms with Crippen LogP contribution in [0.1, 0.15) is 32.9 Å². The quantitative estimate of drug-likeness (QED) is 0.465. The molecule has 0 spiro atoms. The minimum absolute atomic E-state index is 0.261. The lowest BCUT2D eigenvalue weighted by atomic mass is 10.1. The molecule has 3 rings (SSSR count). The van der Waals surface area contributed by atoms with Gasteiger partial charge in [0.05, 0.1) is 17.0 Å². The lowest BCUT2D eigenvalue weighted by Crippen LogP contribution is -2.02. The zero-order valence-electron chi connectivity index (χ0n) is 15.0. The van der Waals surface area contributed by atoms with Gasteiger partial charge in [0.1, 0.15) is 0 Å². The van der Waals surface area contributed by atoms with E-state index in [1.165, 1.54) is 12.1 Å². The predicted molar refractivity (Wildman–Crippen MR) is 102 cm³/mol. The van der Waals surface area contributed by atoms with Crippen molar-refractivity contribution in [2.75, 3.05) is 0 Å². The van der Waals surface area contributed by atoms with Gasteiger partial charge in [-0.25, -0.2) is 4.79 Å². The highest BCUT2D eigenvalue weighted by Gasteiger charge is 2.09. The third-order valence-corrected chi connectivity index (χ3v) is 4.40. The number of carbonyl (C=O) groups is 1. The van der Waals surface area contributed by atoms with Gasteiger partial charge in [0.25, 0.3) is 0 Å². The van der Waals surface area contributed by atoms with E-state index in [0.717, 1.165) is 23.4 Å². The number of phenolic OH excluding ortho intramolecular Hbond substituents is 3. The van der Waals surface area contributed by atoms with Gasteiger partial charge in [0.2, 0.25) is 0 Å². The molecule has 7 nitrogen and oxygen atoms in total. The summed E-state index contributed by atoms with van der Waals surface area (Å²) in [6, 6.07) is 9.58. The fourth-order valence-electron chi connectivity index (χ4n) is 2.86. The molecule has 0 amide bonds. The summed E-state index contributed by atoms with van der Waals surface area (Å²) in [6.07, 6.45) is 5.86. The van der Waals surface area contributed by atoms with E-state index in [4.69, 9.17) is 5.11 Å². The zero-order valence-corrected chi connectivity index (χ0v) is 15.0. The number of carboxylic acids is 1. The topological polar surface area (TPSA) is 124 Å². The maximum Gasteiger partial charge on any atom is 0.335 e. The Morgan fingerprint density at radius 1 is 0.786 bits per heavy atom. The van der Waals surface area contributed by atoms with Crippen LogP contribution in [0.5, 0.6) is 17.2 Å². The zero-order chi connectivity index (χ0) is 20.1. The molecule has 0 radical (unpaired) electrons. The van der Waals surface area contributed by atoms with Gasteiger partial charge in [-0.3, -0.25) is 9.97 Å². The van der Waals surface area contributed by atoms with Gasteiger partial charge in [0.15, 0.2) is 17.2 Å². The SMILES string of the molecule is O=C(O)c1ccc(CCc2cncc(CCc3cc(O)c(O)c(O)c3)n2)cc1. The van der Waals surface area contributed by atoms with E-state index < -0.39 is 11.7 Å². The summed E-state index contributed by atoms with van der Waals surface area (Å²) < 4.78 is 0. The number of hydrogen-bond donors (Lipinski definition) is 4. The molecule has 144 valence electrons. The van der Waals surface area contributed by atoms with E-state index in [2.05, 4.69) is 9.97 Å². The fourth-order valence-corrected chi connectivity index (χ4v) is 2.86. The molecule has 0 atom stereocenters. The Bertz CT molecular complexity index is 963. The van der Waals surface area contributed by atoms with Crippen LogP contribution in [0, 0.1) is 0 Å². The van der Waals surface area contributed by atoms with Crippen LogP contribution in [0.3, 0.4) is 0 Å². The highest BCUT2D eigenvalue weighted by molar-refractivity contribution is 5.87. The van der Waals surface area contributed by atoms with Crippen molar-refractivity contribution in [1.29, 1.82) is 0 Å². The first-order valence-electron chi connectivity index (χ1n) is 8.78. The van der Waals surface area contributed by atoms with Crippen molar-refractivity contribution in [3.05, 3.63) is 76.9 Å². The lowest BCUT2D eigenvalue weighted by Gasteiger charge is -2.07. The summed E-state index contributed by atoms with van der Waals surface area (Å²) in [5, 5.41) is 37.5. The number of nitrogens with zero attached hydrogens (tertiary/aromatic N) is 2. The van der Waals surface area contributed by atoms with E-state index >= 15 is 0 Å². The van der Waals surface area contributed by atoms with Crippen LogP contribution in [-0.2, 0) is 25.7 Å². The van der Waals surface area contributed by atoms with Gasteiger partial charge in [-0.1, -0.05) is 12.1 Å². The van der Waals surface area contributed by atoms with Crippen molar-refractivity contribution in [2.24, 2.45) is 0 Å². The van der Waals surface area contributed by atoms with Crippen LogP contribution in [0.2, 0.25) is 0 Å². The van der Waals surface area contributed by atoms with Gasteiger partial charge >= 0.3 is 5.97 Å². The molecule has 4 N–H and O–H groups in total. The Morgan fingerprint density at radius 2 is 1.32 bits per heavy atom. The number of benzene rings is 2. The first kappa shape index (κ1) is 19.2. The molecule has 0 aliphatic carbocycles. The summed E-state index contributed by atoms with van der Waals surface area (Å²) in [7, 11) is 0. The van der Waals surface area contributed by atoms with Crippen molar-refractivity contribution in [1.82, 2.24) is 9.97 Å². The highest BCUT2D eigenvalue weighted by Crippen LogP contribution is 2.35. The largest absolute Gasteiger partial charge is 0.504 e. The van der Waals surface area contributed by atoms with Crippen LogP contribution in [-0.4, -0.2) is 36.4 Å². The molecule has 0 aliphatic rings.